The lowest BCUT2D eigenvalue weighted by molar-refractivity contribution is -0.385. The van der Waals surface area contributed by atoms with E-state index in [4.69, 9.17) is 5.26 Å². The van der Waals surface area contributed by atoms with Crippen molar-refractivity contribution < 1.29 is 4.92 Å². The molecule has 0 aliphatic rings. The Kier molecular flexibility index (Phi) is 3.66. The van der Waals surface area contributed by atoms with Crippen molar-refractivity contribution in [2.24, 2.45) is 7.05 Å². The molecule has 2 rings (SSSR count). The summed E-state index contributed by atoms with van der Waals surface area (Å²) in [5.74, 6) is 0. The van der Waals surface area contributed by atoms with E-state index in [1.165, 1.54) is 12.1 Å². The molecule has 1 heterocycles. The number of nitrogens with zero attached hydrogens (tertiary/aromatic N) is 4. The first-order valence-electron chi connectivity index (χ1n) is 5.93. The van der Waals surface area contributed by atoms with Crippen molar-refractivity contribution in [1.29, 1.82) is 5.26 Å². The van der Waals surface area contributed by atoms with Crippen LogP contribution in [0.5, 0.6) is 0 Å². The first-order chi connectivity index (χ1) is 9.52. The fourth-order valence-corrected chi connectivity index (χ4v) is 1.80. The molecule has 1 N–H and O–H groups in total. The predicted molar refractivity (Wildman–Crippen MR) is 73.1 cm³/mol. The van der Waals surface area contributed by atoms with Crippen LogP contribution in [0.15, 0.2) is 24.4 Å². The third-order valence-electron chi connectivity index (χ3n) is 3.13. The highest BCUT2D eigenvalue weighted by Crippen LogP contribution is 2.23. The van der Waals surface area contributed by atoms with Gasteiger partial charge >= 0.3 is 0 Å². The van der Waals surface area contributed by atoms with Crippen molar-refractivity contribution in [3.8, 4) is 6.07 Å². The highest BCUT2D eigenvalue weighted by atomic mass is 16.6. The second-order valence-electron chi connectivity index (χ2n) is 4.33. The van der Waals surface area contributed by atoms with E-state index < -0.39 is 4.92 Å². The number of hydrogen-bond donors (Lipinski definition) is 1. The molecule has 0 radical (unpaired) electrons. The number of nitriles is 1. The Morgan fingerprint density at radius 3 is 2.85 bits per heavy atom. The summed E-state index contributed by atoms with van der Waals surface area (Å²) in [7, 11) is 1.85. The molecule has 1 aromatic carbocycles. The zero-order valence-electron chi connectivity index (χ0n) is 11.1. The van der Waals surface area contributed by atoms with E-state index in [2.05, 4.69) is 10.4 Å². The van der Waals surface area contributed by atoms with Crippen molar-refractivity contribution in [3.05, 3.63) is 51.3 Å². The normalized spacial score (nSPS) is 10.1. The molecule has 1 aromatic heterocycles. The zero-order valence-corrected chi connectivity index (χ0v) is 11.1. The van der Waals surface area contributed by atoms with E-state index in [0.717, 1.165) is 11.3 Å². The van der Waals surface area contributed by atoms with Crippen LogP contribution in [-0.4, -0.2) is 14.7 Å². The van der Waals surface area contributed by atoms with Crippen LogP contribution in [-0.2, 0) is 13.6 Å². The molecule has 20 heavy (non-hydrogen) atoms. The van der Waals surface area contributed by atoms with Crippen LogP contribution in [0.25, 0.3) is 0 Å². The van der Waals surface area contributed by atoms with Gasteiger partial charge in [-0.3, -0.25) is 14.8 Å². The van der Waals surface area contributed by atoms with Crippen LogP contribution in [0.1, 0.15) is 16.8 Å². The molecule has 0 bridgehead atoms. The molecule has 0 saturated carbocycles. The van der Waals surface area contributed by atoms with E-state index >= 15 is 0 Å². The Morgan fingerprint density at radius 1 is 1.55 bits per heavy atom. The fraction of sp³-hybridized carbons (Fsp3) is 0.231. The van der Waals surface area contributed by atoms with Crippen molar-refractivity contribution in [1.82, 2.24) is 9.78 Å². The van der Waals surface area contributed by atoms with Gasteiger partial charge in [-0.2, -0.15) is 10.4 Å². The average molecular weight is 271 g/mol. The Morgan fingerprint density at radius 2 is 2.30 bits per heavy atom. The largest absolute Gasteiger partial charge is 0.381 e. The van der Waals surface area contributed by atoms with Gasteiger partial charge in [-0.15, -0.1) is 0 Å². The monoisotopic (exact) mass is 271 g/mol. The second kappa shape index (κ2) is 5.40. The molecule has 0 spiro atoms. The summed E-state index contributed by atoms with van der Waals surface area (Å²) >= 11 is 0. The summed E-state index contributed by atoms with van der Waals surface area (Å²) in [6.07, 6.45) is 1.75. The van der Waals surface area contributed by atoms with Crippen molar-refractivity contribution in [2.45, 2.75) is 13.5 Å². The molecule has 2 aromatic rings. The Balaban J connectivity index is 2.19. The molecule has 0 atom stereocenters. The van der Waals surface area contributed by atoms with Gasteiger partial charge in [0.05, 0.1) is 11.1 Å². The lowest BCUT2D eigenvalue weighted by Gasteiger charge is -2.06. The van der Waals surface area contributed by atoms with Crippen LogP contribution >= 0.6 is 0 Å². The molecular formula is C13H13N5O2. The zero-order chi connectivity index (χ0) is 14.7. The molecule has 0 unspecified atom stereocenters. The lowest BCUT2D eigenvalue weighted by Crippen LogP contribution is -2.02. The number of nitro groups is 1. The second-order valence-corrected chi connectivity index (χ2v) is 4.33. The van der Waals surface area contributed by atoms with Gasteiger partial charge in [-0.05, 0) is 19.1 Å². The highest BCUT2D eigenvalue weighted by molar-refractivity contribution is 5.59. The minimum absolute atomic E-state index is 0.0538. The fourth-order valence-electron chi connectivity index (χ4n) is 1.80. The van der Waals surface area contributed by atoms with Crippen LogP contribution in [0, 0.1) is 28.4 Å². The summed E-state index contributed by atoms with van der Waals surface area (Å²) in [4.78, 5) is 10.3. The Bertz CT molecular complexity index is 699. The molecule has 7 heteroatoms. The summed E-state index contributed by atoms with van der Waals surface area (Å²) in [5, 5.41) is 26.9. The minimum Gasteiger partial charge on any atom is -0.381 e. The van der Waals surface area contributed by atoms with Crippen LogP contribution in [0.2, 0.25) is 0 Å². The summed E-state index contributed by atoms with van der Waals surface area (Å²) in [5.41, 5.74) is 2.50. The molecule has 102 valence electrons. The van der Waals surface area contributed by atoms with Gasteiger partial charge in [0.1, 0.15) is 11.6 Å². The van der Waals surface area contributed by atoms with Crippen molar-refractivity contribution in [3.63, 3.8) is 0 Å². The maximum absolute atomic E-state index is 10.9. The lowest BCUT2D eigenvalue weighted by atomic mass is 10.1. The Labute approximate surface area is 115 Å². The van der Waals surface area contributed by atoms with Crippen LogP contribution in [0.3, 0.4) is 0 Å². The van der Waals surface area contributed by atoms with Crippen molar-refractivity contribution in [2.75, 3.05) is 5.32 Å². The number of aromatic nitrogens is 2. The molecule has 0 aliphatic carbocycles. The van der Waals surface area contributed by atoms with Gasteiger partial charge in [-0.1, -0.05) is 0 Å². The summed E-state index contributed by atoms with van der Waals surface area (Å²) in [6.45, 7) is 2.47. The summed E-state index contributed by atoms with van der Waals surface area (Å²) in [6, 6.07) is 6.26. The first kappa shape index (κ1) is 13.5. The number of nitro benzene ring substituents is 1. The van der Waals surface area contributed by atoms with E-state index in [9.17, 15) is 10.1 Å². The van der Waals surface area contributed by atoms with Crippen LogP contribution in [0.4, 0.5) is 11.4 Å². The van der Waals surface area contributed by atoms with E-state index in [0.29, 0.717) is 12.2 Å². The number of aryl methyl sites for hydroxylation is 1. The highest BCUT2D eigenvalue weighted by Gasteiger charge is 2.14. The SMILES string of the molecule is Cc1c(CNc2ccc(C#N)c([N+](=O)[O-])c2)cnn1C. The third kappa shape index (κ3) is 2.59. The molecule has 0 saturated heterocycles. The number of nitrogens with one attached hydrogen (secondary N) is 1. The number of anilines is 1. The number of hydrogen-bond acceptors (Lipinski definition) is 5. The van der Waals surface area contributed by atoms with E-state index in [1.807, 2.05) is 20.0 Å². The number of rotatable bonds is 4. The average Bonchev–Trinajstić information content (AvgIpc) is 2.76. The molecule has 0 aliphatic heterocycles. The van der Waals surface area contributed by atoms with Gasteiger partial charge in [0.2, 0.25) is 0 Å². The van der Waals surface area contributed by atoms with Gasteiger partial charge in [-0.25, -0.2) is 0 Å². The van der Waals surface area contributed by atoms with Crippen molar-refractivity contribution >= 4 is 11.4 Å². The Hall–Kier alpha value is -2.88. The number of benzene rings is 1. The molecule has 0 fully saturated rings. The van der Waals surface area contributed by atoms with Gasteiger partial charge in [0.25, 0.3) is 5.69 Å². The maximum atomic E-state index is 10.9. The molecule has 7 nitrogen and oxygen atoms in total. The quantitative estimate of drug-likeness (QED) is 0.678. The summed E-state index contributed by atoms with van der Waals surface area (Å²) < 4.78 is 1.76. The predicted octanol–water partition coefficient (Wildman–Crippen LogP) is 2.12. The van der Waals surface area contributed by atoms with E-state index in [-0.39, 0.29) is 11.3 Å². The molecule has 0 amide bonds. The maximum Gasteiger partial charge on any atom is 0.289 e. The standard InChI is InChI=1S/C13H13N5O2/c1-9-11(8-16-17(9)2)7-15-12-4-3-10(6-14)13(5-12)18(19)20/h3-5,8,15H,7H2,1-2H3. The smallest absolute Gasteiger partial charge is 0.289 e. The van der Waals surface area contributed by atoms with E-state index in [1.54, 1.807) is 16.9 Å². The van der Waals surface area contributed by atoms with Gasteiger partial charge < -0.3 is 5.32 Å². The van der Waals surface area contributed by atoms with Gasteiger partial charge in [0.15, 0.2) is 0 Å². The third-order valence-corrected chi connectivity index (χ3v) is 3.13. The van der Waals surface area contributed by atoms with Gasteiger partial charge in [0, 0.05) is 36.6 Å². The minimum atomic E-state index is -0.556. The first-order valence-corrected chi connectivity index (χ1v) is 5.93. The van der Waals surface area contributed by atoms with Crippen LogP contribution < -0.4 is 5.32 Å². The molecular weight excluding hydrogens is 258 g/mol. The topological polar surface area (TPSA) is 96.8 Å².